The maximum absolute atomic E-state index is 7.66. The van der Waals surface area contributed by atoms with Crippen LogP contribution < -0.4 is 10.5 Å². The molecule has 0 aromatic heterocycles. The van der Waals surface area contributed by atoms with E-state index in [4.69, 9.17) is 27.5 Å². The largest absolute Gasteiger partial charge is 0.455 e. The quantitative estimate of drug-likeness (QED) is 0.549. The van der Waals surface area contributed by atoms with Crippen LogP contribution in [0.4, 0.5) is 0 Å². The molecule has 0 unspecified atom stereocenters. The molecule has 0 heterocycles. The van der Waals surface area contributed by atoms with E-state index in [9.17, 15) is 0 Å². The lowest BCUT2D eigenvalue weighted by atomic mass is 10.0. The second-order valence-electron chi connectivity index (χ2n) is 4.60. The molecule has 3 nitrogen and oxygen atoms in total. The van der Waals surface area contributed by atoms with Crippen LogP contribution in [0.1, 0.15) is 5.56 Å². The van der Waals surface area contributed by atoms with Crippen LogP contribution in [0.15, 0.2) is 60.7 Å². The van der Waals surface area contributed by atoms with E-state index in [1.807, 2.05) is 48.5 Å². The number of rotatable bonds is 3. The van der Waals surface area contributed by atoms with Gasteiger partial charge in [0.25, 0.3) is 0 Å². The molecule has 0 fully saturated rings. The highest BCUT2D eigenvalue weighted by Crippen LogP contribution is 2.34. The first-order valence-electron chi connectivity index (χ1n) is 6.45. The molecule has 3 rings (SSSR count). The normalized spacial score (nSPS) is 10.5. The predicted octanol–water partition coefficient (Wildman–Crippen LogP) is 4.57. The molecular formula is C17H13ClN2O. The molecule has 0 atom stereocenters. The van der Waals surface area contributed by atoms with Gasteiger partial charge in [-0.1, -0.05) is 48.0 Å². The number of para-hydroxylation sites is 1. The maximum Gasteiger partial charge on any atom is 0.146 e. The fraction of sp³-hybridized carbons (Fsp3) is 0. The molecular weight excluding hydrogens is 284 g/mol. The number of halogens is 1. The van der Waals surface area contributed by atoms with Crippen LogP contribution in [0, 0.1) is 5.41 Å². The summed E-state index contributed by atoms with van der Waals surface area (Å²) in [5.41, 5.74) is 6.32. The standard InChI is InChI=1S/C17H13ClN2O/c18-14-7-3-4-8-16(14)21-15-10-9-13(17(19)20)11-5-1-2-6-12(11)15/h1-10H,(H3,19,20). The Hall–Kier alpha value is -2.52. The van der Waals surface area contributed by atoms with Crippen molar-refractivity contribution in [2.24, 2.45) is 5.73 Å². The highest BCUT2D eigenvalue weighted by Gasteiger charge is 2.10. The van der Waals surface area contributed by atoms with Gasteiger partial charge in [-0.15, -0.1) is 0 Å². The van der Waals surface area contributed by atoms with Crippen molar-refractivity contribution in [2.75, 3.05) is 0 Å². The van der Waals surface area contributed by atoms with Crippen molar-refractivity contribution in [3.63, 3.8) is 0 Å². The smallest absolute Gasteiger partial charge is 0.146 e. The molecule has 0 aliphatic carbocycles. The summed E-state index contributed by atoms with van der Waals surface area (Å²) in [6.45, 7) is 0. The highest BCUT2D eigenvalue weighted by molar-refractivity contribution is 6.32. The topological polar surface area (TPSA) is 59.1 Å². The number of fused-ring (bicyclic) bond motifs is 1. The van der Waals surface area contributed by atoms with E-state index in [1.54, 1.807) is 12.1 Å². The van der Waals surface area contributed by atoms with Gasteiger partial charge < -0.3 is 10.5 Å². The van der Waals surface area contributed by atoms with E-state index in [0.717, 1.165) is 10.8 Å². The molecule has 0 amide bonds. The molecule has 0 aliphatic heterocycles. The Morgan fingerprint density at radius 3 is 2.24 bits per heavy atom. The van der Waals surface area contributed by atoms with Crippen molar-refractivity contribution in [2.45, 2.75) is 0 Å². The first kappa shape index (κ1) is 13.5. The molecule has 3 aromatic rings. The summed E-state index contributed by atoms with van der Waals surface area (Å²) in [5.74, 6) is 1.32. The number of amidine groups is 1. The van der Waals surface area contributed by atoms with Gasteiger partial charge in [-0.3, -0.25) is 5.41 Å². The zero-order chi connectivity index (χ0) is 14.8. The molecule has 0 bridgehead atoms. The highest BCUT2D eigenvalue weighted by atomic mass is 35.5. The van der Waals surface area contributed by atoms with Crippen LogP contribution in [0.5, 0.6) is 11.5 Å². The maximum atomic E-state index is 7.66. The molecule has 4 heteroatoms. The van der Waals surface area contributed by atoms with Crippen LogP contribution in [-0.4, -0.2) is 5.84 Å². The molecule has 0 aliphatic rings. The molecule has 0 saturated carbocycles. The van der Waals surface area contributed by atoms with Gasteiger partial charge in [-0.05, 0) is 29.7 Å². The minimum Gasteiger partial charge on any atom is -0.455 e. The molecule has 104 valence electrons. The average molecular weight is 297 g/mol. The van der Waals surface area contributed by atoms with Crippen LogP contribution in [0.25, 0.3) is 10.8 Å². The van der Waals surface area contributed by atoms with E-state index >= 15 is 0 Å². The van der Waals surface area contributed by atoms with Gasteiger partial charge in [-0.2, -0.15) is 0 Å². The summed E-state index contributed by atoms with van der Waals surface area (Å²) in [7, 11) is 0. The van der Waals surface area contributed by atoms with Crippen molar-refractivity contribution in [1.29, 1.82) is 5.41 Å². The van der Waals surface area contributed by atoms with Gasteiger partial charge in [0.15, 0.2) is 0 Å². The van der Waals surface area contributed by atoms with Crippen LogP contribution in [-0.2, 0) is 0 Å². The lowest BCUT2D eigenvalue weighted by Gasteiger charge is -2.12. The Morgan fingerprint density at radius 1 is 0.857 bits per heavy atom. The van der Waals surface area contributed by atoms with Crippen molar-refractivity contribution >= 4 is 28.2 Å². The fourth-order valence-electron chi connectivity index (χ4n) is 2.24. The summed E-state index contributed by atoms with van der Waals surface area (Å²) in [6.07, 6.45) is 0. The van der Waals surface area contributed by atoms with Gasteiger partial charge in [-0.25, -0.2) is 0 Å². The average Bonchev–Trinajstić information content (AvgIpc) is 2.49. The Bertz CT molecular complexity index is 830. The first-order chi connectivity index (χ1) is 10.2. The van der Waals surface area contributed by atoms with Crippen molar-refractivity contribution in [3.05, 3.63) is 71.2 Å². The number of benzene rings is 3. The van der Waals surface area contributed by atoms with E-state index in [0.29, 0.717) is 22.1 Å². The summed E-state index contributed by atoms with van der Waals surface area (Å²) in [6, 6.07) is 18.6. The summed E-state index contributed by atoms with van der Waals surface area (Å²) < 4.78 is 5.91. The number of hydrogen-bond acceptors (Lipinski definition) is 2. The summed E-state index contributed by atoms with van der Waals surface area (Å²) >= 11 is 6.13. The van der Waals surface area contributed by atoms with E-state index in [2.05, 4.69) is 0 Å². The van der Waals surface area contributed by atoms with Gasteiger partial charge in [0, 0.05) is 10.9 Å². The van der Waals surface area contributed by atoms with E-state index in [1.165, 1.54) is 0 Å². The van der Waals surface area contributed by atoms with Gasteiger partial charge in [0.05, 0.1) is 5.02 Å². The Morgan fingerprint density at radius 2 is 1.52 bits per heavy atom. The third-order valence-corrected chi connectivity index (χ3v) is 3.54. The minimum absolute atomic E-state index is 0.0375. The molecule has 3 N–H and O–H groups in total. The number of nitrogens with one attached hydrogen (secondary N) is 1. The SMILES string of the molecule is N=C(N)c1ccc(Oc2ccccc2Cl)c2ccccc12. The first-order valence-corrected chi connectivity index (χ1v) is 6.83. The fourth-order valence-corrected chi connectivity index (χ4v) is 2.42. The molecule has 0 radical (unpaired) electrons. The third-order valence-electron chi connectivity index (χ3n) is 3.23. The zero-order valence-electron chi connectivity index (χ0n) is 11.1. The Kier molecular flexibility index (Phi) is 3.50. The summed E-state index contributed by atoms with van der Waals surface area (Å²) in [4.78, 5) is 0. The second-order valence-corrected chi connectivity index (χ2v) is 5.01. The number of hydrogen-bond donors (Lipinski definition) is 2. The second kappa shape index (κ2) is 5.46. The number of ether oxygens (including phenoxy) is 1. The Labute approximate surface area is 127 Å². The van der Waals surface area contributed by atoms with Gasteiger partial charge in [0.1, 0.15) is 17.3 Å². The lowest BCUT2D eigenvalue weighted by Crippen LogP contribution is -2.11. The number of nitrogens with two attached hydrogens (primary N) is 1. The van der Waals surface area contributed by atoms with Gasteiger partial charge >= 0.3 is 0 Å². The predicted molar refractivity (Wildman–Crippen MR) is 86.5 cm³/mol. The van der Waals surface area contributed by atoms with E-state index in [-0.39, 0.29) is 5.84 Å². The Balaban J connectivity index is 2.14. The molecule has 3 aromatic carbocycles. The third kappa shape index (κ3) is 2.56. The molecule has 21 heavy (non-hydrogen) atoms. The molecule has 0 saturated heterocycles. The zero-order valence-corrected chi connectivity index (χ0v) is 11.9. The monoisotopic (exact) mass is 296 g/mol. The van der Waals surface area contributed by atoms with Gasteiger partial charge in [0.2, 0.25) is 0 Å². The van der Waals surface area contributed by atoms with E-state index < -0.39 is 0 Å². The summed E-state index contributed by atoms with van der Waals surface area (Å²) in [5, 5.41) is 9.99. The van der Waals surface area contributed by atoms with Crippen molar-refractivity contribution in [1.82, 2.24) is 0 Å². The van der Waals surface area contributed by atoms with Crippen molar-refractivity contribution < 1.29 is 4.74 Å². The lowest BCUT2D eigenvalue weighted by molar-refractivity contribution is 0.488. The van der Waals surface area contributed by atoms with Crippen LogP contribution in [0.3, 0.4) is 0 Å². The van der Waals surface area contributed by atoms with Crippen molar-refractivity contribution in [3.8, 4) is 11.5 Å². The van der Waals surface area contributed by atoms with Crippen LogP contribution in [0.2, 0.25) is 5.02 Å². The van der Waals surface area contributed by atoms with Crippen LogP contribution >= 0.6 is 11.6 Å². The number of nitrogen functional groups attached to an aromatic ring is 1. The molecule has 0 spiro atoms. The minimum atomic E-state index is 0.0375.